The van der Waals surface area contributed by atoms with Crippen LogP contribution < -0.4 is 0 Å². The van der Waals surface area contributed by atoms with Crippen molar-refractivity contribution in [2.75, 3.05) is 0 Å². The number of Topliss-reactive ketones (excluding diaryl/α,β-unsaturated/α-hetero) is 1. The number of hydrogen-bond donors (Lipinski definition) is 0. The van der Waals surface area contributed by atoms with Gasteiger partial charge < -0.3 is 0 Å². The van der Waals surface area contributed by atoms with Crippen molar-refractivity contribution in [3.05, 3.63) is 28.2 Å². The summed E-state index contributed by atoms with van der Waals surface area (Å²) in [6, 6.07) is 4.16. The molecule has 0 spiro atoms. The summed E-state index contributed by atoms with van der Waals surface area (Å²) in [5.74, 6) is -0.346. The zero-order chi connectivity index (χ0) is 13.2. The van der Waals surface area contributed by atoms with Crippen molar-refractivity contribution < 1.29 is 13.2 Å². The van der Waals surface area contributed by atoms with Crippen molar-refractivity contribution >= 4 is 38.8 Å². The average molecular weight is 295 g/mol. The fourth-order valence-corrected chi connectivity index (χ4v) is 3.55. The molecule has 6 heteroatoms. The third-order valence-corrected chi connectivity index (χ3v) is 5.29. The molecular formula is C11H12Cl2O3S. The van der Waals surface area contributed by atoms with Gasteiger partial charge in [0.1, 0.15) is 5.25 Å². The Morgan fingerprint density at radius 2 is 1.94 bits per heavy atom. The van der Waals surface area contributed by atoms with E-state index in [1.54, 1.807) is 6.92 Å². The first-order valence-electron chi connectivity index (χ1n) is 5.02. The van der Waals surface area contributed by atoms with E-state index < -0.39 is 15.1 Å². The zero-order valence-corrected chi connectivity index (χ0v) is 11.7. The molecule has 3 nitrogen and oxygen atoms in total. The second kappa shape index (κ2) is 5.38. The van der Waals surface area contributed by atoms with E-state index in [-0.39, 0.29) is 27.1 Å². The third-order valence-electron chi connectivity index (χ3n) is 2.47. The Morgan fingerprint density at radius 3 is 2.47 bits per heavy atom. The second-order valence-corrected chi connectivity index (χ2v) is 6.66. The first-order valence-corrected chi connectivity index (χ1v) is 7.32. The van der Waals surface area contributed by atoms with Gasteiger partial charge >= 0.3 is 0 Å². The molecular weight excluding hydrogens is 283 g/mol. The Bertz CT molecular complexity index is 538. The molecule has 0 aliphatic rings. The number of rotatable bonds is 4. The Hall–Kier alpha value is -0.580. The molecule has 0 saturated carbocycles. The number of halogens is 2. The first kappa shape index (κ1) is 14.5. The van der Waals surface area contributed by atoms with Crippen LogP contribution in [0.25, 0.3) is 0 Å². The number of sulfone groups is 1. The lowest BCUT2D eigenvalue weighted by atomic mass is 10.2. The highest BCUT2D eigenvalue weighted by atomic mass is 35.5. The van der Waals surface area contributed by atoms with Crippen molar-refractivity contribution in [1.29, 1.82) is 0 Å². The molecule has 94 valence electrons. The van der Waals surface area contributed by atoms with Crippen LogP contribution >= 0.6 is 23.2 Å². The smallest absolute Gasteiger partial charge is 0.189 e. The predicted octanol–water partition coefficient (Wildman–Crippen LogP) is 3.13. The van der Waals surface area contributed by atoms with Crippen LogP contribution in [0.5, 0.6) is 0 Å². The molecule has 0 N–H and O–H groups in total. The fraction of sp³-hybridized carbons (Fsp3) is 0.364. The maximum Gasteiger partial charge on any atom is 0.189 e. The van der Waals surface area contributed by atoms with Crippen LogP contribution in [0.1, 0.15) is 20.3 Å². The van der Waals surface area contributed by atoms with Crippen LogP contribution in [0.3, 0.4) is 0 Å². The minimum atomic E-state index is -3.77. The van der Waals surface area contributed by atoms with Crippen molar-refractivity contribution in [3.8, 4) is 0 Å². The molecule has 0 bridgehead atoms. The summed E-state index contributed by atoms with van der Waals surface area (Å²) < 4.78 is 24.3. The number of ketones is 1. The molecule has 0 saturated heterocycles. The van der Waals surface area contributed by atoms with E-state index in [0.29, 0.717) is 0 Å². The van der Waals surface area contributed by atoms with E-state index in [1.165, 1.54) is 25.1 Å². The van der Waals surface area contributed by atoms with Crippen LogP contribution in [0.4, 0.5) is 0 Å². The molecule has 0 amide bonds. The molecule has 0 aromatic heterocycles. The lowest BCUT2D eigenvalue weighted by Gasteiger charge is -2.12. The minimum absolute atomic E-state index is 0.0742. The maximum absolute atomic E-state index is 12.1. The molecule has 0 aliphatic carbocycles. The maximum atomic E-state index is 12.1. The molecule has 1 aromatic carbocycles. The van der Waals surface area contributed by atoms with Gasteiger partial charge in [-0.1, -0.05) is 30.1 Å². The first-order chi connectivity index (χ1) is 7.80. The summed E-state index contributed by atoms with van der Waals surface area (Å²) in [5, 5.41) is -0.766. The van der Waals surface area contributed by atoms with Crippen LogP contribution in [0.2, 0.25) is 10.0 Å². The molecule has 0 heterocycles. The number of benzene rings is 1. The monoisotopic (exact) mass is 294 g/mol. The van der Waals surface area contributed by atoms with E-state index >= 15 is 0 Å². The van der Waals surface area contributed by atoms with Gasteiger partial charge in [0.25, 0.3) is 0 Å². The summed E-state index contributed by atoms with van der Waals surface area (Å²) >= 11 is 11.6. The molecule has 0 radical (unpaired) electrons. The van der Waals surface area contributed by atoms with Gasteiger partial charge in [-0.2, -0.15) is 0 Å². The van der Waals surface area contributed by atoms with Gasteiger partial charge in [-0.15, -0.1) is 0 Å². The number of hydrogen-bond acceptors (Lipinski definition) is 3. The van der Waals surface area contributed by atoms with E-state index in [9.17, 15) is 13.2 Å². The Labute approximate surface area is 111 Å². The quantitative estimate of drug-likeness (QED) is 0.857. The minimum Gasteiger partial charge on any atom is -0.298 e. The van der Waals surface area contributed by atoms with Gasteiger partial charge in [-0.25, -0.2) is 8.42 Å². The molecule has 0 fully saturated rings. The van der Waals surface area contributed by atoms with Crippen molar-refractivity contribution in [1.82, 2.24) is 0 Å². The molecule has 1 rings (SSSR count). The summed E-state index contributed by atoms with van der Waals surface area (Å²) in [4.78, 5) is 11.4. The zero-order valence-electron chi connectivity index (χ0n) is 9.41. The van der Waals surface area contributed by atoms with Gasteiger partial charge in [-0.3, -0.25) is 4.79 Å². The molecule has 1 unspecified atom stereocenters. The van der Waals surface area contributed by atoms with Crippen LogP contribution in [-0.4, -0.2) is 19.5 Å². The van der Waals surface area contributed by atoms with Gasteiger partial charge in [0.2, 0.25) is 0 Å². The Morgan fingerprint density at radius 1 is 1.35 bits per heavy atom. The van der Waals surface area contributed by atoms with Gasteiger partial charge in [0.15, 0.2) is 15.6 Å². The number of carbonyl (C=O) groups excluding carboxylic acids is 1. The SMILES string of the molecule is CCC(=O)C(C)S(=O)(=O)c1cc(Cl)ccc1Cl. The highest BCUT2D eigenvalue weighted by molar-refractivity contribution is 7.93. The van der Waals surface area contributed by atoms with E-state index in [2.05, 4.69) is 0 Å². The highest BCUT2D eigenvalue weighted by Crippen LogP contribution is 2.28. The molecule has 1 atom stereocenters. The average Bonchev–Trinajstić information content (AvgIpc) is 2.30. The van der Waals surface area contributed by atoms with Crippen molar-refractivity contribution in [2.45, 2.75) is 30.4 Å². The standard InChI is InChI=1S/C11H12Cl2O3S/c1-3-10(14)7(2)17(15,16)11-6-8(12)4-5-9(11)13/h4-7H,3H2,1-2H3. The van der Waals surface area contributed by atoms with E-state index in [4.69, 9.17) is 23.2 Å². The van der Waals surface area contributed by atoms with Crippen LogP contribution in [0, 0.1) is 0 Å². The summed E-state index contributed by atoms with van der Waals surface area (Å²) in [7, 11) is -3.77. The van der Waals surface area contributed by atoms with Crippen molar-refractivity contribution in [3.63, 3.8) is 0 Å². The molecule has 17 heavy (non-hydrogen) atoms. The van der Waals surface area contributed by atoms with Crippen molar-refractivity contribution in [2.24, 2.45) is 0 Å². The molecule has 0 aliphatic heterocycles. The Balaban J connectivity index is 3.31. The summed E-state index contributed by atoms with van der Waals surface area (Å²) in [6.07, 6.45) is 0.165. The Kier molecular flexibility index (Phi) is 4.58. The van der Waals surface area contributed by atoms with E-state index in [0.717, 1.165) is 0 Å². The van der Waals surface area contributed by atoms with Gasteiger partial charge in [-0.05, 0) is 25.1 Å². The third kappa shape index (κ3) is 3.00. The summed E-state index contributed by atoms with van der Waals surface area (Å²) in [6.45, 7) is 2.98. The summed E-state index contributed by atoms with van der Waals surface area (Å²) in [5.41, 5.74) is 0. The van der Waals surface area contributed by atoms with E-state index in [1.807, 2.05) is 0 Å². The van der Waals surface area contributed by atoms with Crippen LogP contribution in [0.15, 0.2) is 23.1 Å². The van der Waals surface area contributed by atoms with Crippen LogP contribution in [-0.2, 0) is 14.6 Å². The predicted molar refractivity (Wildman–Crippen MR) is 68.4 cm³/mol. The highest BCUT2D eigenvalue weighted by Gasteiger charge is 2.30. The largest absolute Gasteiger partial charge is 0.298 e. The second-order valence-electron chi connectivity index (χ2n) is 3.58. The lowest BCUT2D eigenvalue weighted by Crippen LogP contribution is -2.27. The topological polar surface area (TPSA) is 51.2 Å². The normalized spacial score (nSPS) is 13.4. The lowest BCUT2D eigenvalue weighted by molar-refractivity contribution is -0.118. The fourth-order valence-electron chi connectivity index (χ4n) is 1.35. The molecule has 1 aromatic rings. The number of carbonyl (C=O) groups is 1. The van der Waals surface area contributed by atoms with Gasteiger partial charge in [0.05, 0.1) is 9.92 Å². The van der Waals surface area contributed by atoms with Gasteiger partial charge in [0, 0.05) is 11.4 Å².